The fraction of sp³-hybridized carbons (Fsp3) is 0.143. The average Bonchev–Trinajstić information content (AvgIpc) is 2.58. The normalized spacial score (nSPS) is 10.5. The van der Waals surface area contributed by atoms with Crippen molar-refractivity contribution in [2.75, 3.05) is 0 Å². The molecule has 5 heteroatoms. The molecule has 0 N–H and O–H groups in total. The van der Waals surface area contributed by atoms with Crippen molar-refractivity contribution in [2.24, 2.45) is 0 Å². The van der Waals surface area contributed by atoms with Crippen molar-refractivity contribution in [1.82, 2.24) is 10.2 Å². The van der Waals surface area contributed by atoms with E-state index in [1.807, 2.05) is 0 Å². The maximum atomic E-state index is 4.09. The Kier molecular flexibility index (Phi) is 2.42. The third kappa shape index (κ3) is 1.53. The van der Waals surface area contributed by atoms with Crippen molar-refractivity contribution in [2.45, 2.75) is 6.92 Å². The van der Waals surface area contributed by atoms with Gasteiger partial charge in [-0.2, -0.15) is 11.3 Å². The van der Waals surface area contributed by atoms with Crippen LogP contribution in [0.4, 0.5) is 0 Å². The lowest BCUT2D eigenvalue weighted by molar-refractivity contribution is 1.07. The number of hydrogen-bond donors (Lipinski definition) is 0. The van der Waals surface area contributed by atoms with Gasteiger partial charge in [-0.15, -0.1) is 10.2 Å². The largest absolute Gasteiger partial charge is 0.178 e. The van der Waals surface area contributed by atoms with Gasteiger partial charge in [0.1, 0.15) is 5.01 Å². The summed E-state index contributed by atoms with van der Waals surface area (Å²) in [6.45, 7) is 2.10. The minimum Gasteiger partial charge on any atom is -0.151 e. The van der Waals surface area contributed by atoms with Gasteiger partial charge < -0.3 is 0 Å². The van der Waals surface area contributed by atoms with E-state index < -0.39 is 0 Å². The van der Waals surface area contributed by atoms with Crippen LogP contribution in [0.5, 0.6) is 0 Å². The Balaban J connectivity index is 2.50. The van der Waals surface area contributed by atoms with Gasteiger partial charge >= 0.3 is 0 Å². The van der Waals surface area contributed by atoms with E-state index in [2.05, 4.69) is 50.5 Å². The van der Waals surface area contributed by atoms with E-state index in [0.717, 1.165) is 8.02 Å². The molecule has 0 saturated heterocycles. The van der Waals surface area contributed by atoms with Crippen LogP contribution in [0.3, 0.4) is 0 Å². The van der Waals surface area contributed by atoms with Gasteiger partial charge in [0.15, 0.2) is 3.01 Å². The van der Waals surface area contributed by atoms with Crippen molar-refractivity contribution >= 4 is 45.3 Å². The molecule has 0 aliphatic carbocycles. The first kappa shape index (κ1) is 8.58. The summed E-state index contributed by atoms with van der Waals surface area (Å²) in [5, 5.41) is 13.3. The van der Waals surface area contributed by atoms with Crippen molar-refractivity contribution in [3.8, 4) is 10.6 Å². The Morgan fingerprint density at radius 2 is 2.17 bits per heavy atom. The molecule has 0 unspecified atom stereocenters. The number of nitrogens with zero attached hydrogens (tertiary/aromatic N) is 2. The molecule has 2 heterocycles. The third-order valence-corrected chi connectivity index (χ3v) is 3.97. The molecule has 0 atom stereocenters. The molecule has 2 aromatic rings. The van der Waals surface area contributed by atoms with Crippen LogP contribution in [0.25, 0.3) is 10.6 Å². The van der Waals surface area contributed by atoms with E-state index in [0.29, 0.717) is 0 Å². The predicted molar refractivity (Wildman–Crippen MR) is 60.7 cm³/mol. The lowest BCUT2D eigenvalue weighted by Gasteiger charge is -1.89. The highest BCUT2D eigenvalue weighted by Gasteiger charge is 2.07. The number of aryl methyl sites for hydroxylation is 1. The average molecular weight is 308 g/mol. The van der Waals surface area contributed by atoms with Crippen LogP contribution in [-0.4, -0.2) is 10.2 Å². The zero-order chi connectivity index (χ0) is 8.55. The molecule has 0 radical (unpaired) electrons. The highest BCUT2D eigenvalue weighted by molar-refractivity contribution is 14.1. The lowest BCUT2D eigenvalue weighted by Crippen LogP contribution is -1.75. The van der Waals surface area contributed by atoms with Crippen molar-refractivity contribution in [3.05, 3.63) is 19.3 Å². The second-order valence-electron chi connectivity index (χ2n) is 2.33. The SMILES string of the molecule is Cc1cscc1-c1nnc(I)s1. The summed E-state index contributed by atoms with van der Waals surface area (Å²) < 4.78 is 0.994. The van der Waals surface area contributed by atoms with Crippen molar-refractivity contribution in [1.29, 1.82) is 0 Å². The molecule has 62 valence electrons. The standard InChI is InChI=1S/C7H5IN2S2/c1-4-2-11-3-5(4)6-9-10-7(8)12-6/h2-3H,1H3. The molecule has 0 saturated carbocycles. The number of halogens is 1. The van der Waals surface area contributed by atoms with Crippen LogP contribution < -0.4 is 0 Å². The van der Waals surface area contributed by atoms with Gasteiger partial charge in [-0.25, -0.2) is 0 Å². The molecule has 2 rings (SSSR count). The summed E-state index contributed by atoms with van der Waals surface area (Å²) in [5.74, 6) is 0. The summed E-state index contributed by atoms with van der Waals surface area (Å²) in [7, 11) is 0. The molecule has 12 heavy (non-hydrogen) atoms. The molecule has 0 spiro atoms. The van der Waals surface area contributed by atoms with E-state index in [1.54, 1.807) is 22.7 Å². The summed E-state index contributed by atoms with van der Waals surface area (Å²) in [5.41, 5.74) is 2.51. The Hall–Kier alpha value is -0.0100. The van der Waals surface area contributed by atoms with Gasteiger partial charge in [0, 0.05) is 10.9 Å². The first-order valence-corrected chi connectivity index (χ1v) is 6.13. The lowest BCUT2D eigenvalue weighted by atomic mass is 10.2. The molecule has 2 aromatic heterocycles. The fourth-order valence-electron chi connectivity index (χ4n) is 0.894. The number of hydrogen-bond acceptors (Lipinski definition) is 4. The number of thiophene rings is 1. The van der Waals surface area contributed by atoms with E-state index in [1.165, 1.54) is 11.1 Å². The van der Waals surface area contributed by atoms with Gasteiger partial charge in [0.2, 0.25) is 0 Å². The topological polar surface area (TPSA) is 25.8 Å². The van der Waals surface area contributed by atoms with Crippen LogP contribution in [0, 0.1) is 9.94 Å². The molecule has 0 aliphatic heterocycles. The van der Waals surface area contributed by atoms with Gasteiger partial charge in [-0.05, 0) is 40.5 Å². The highest BCUT2D eigenvalue weighted by atomic mass is 127. The molecular weight excluding hydrogens is 303 g/mol. The summed E-state index contributed by atoms with van der Waals surface area (Å²) in [6.07, 6.45) is 0. The maximum Gasteiger partial charge on any atom is 0.178 e. The van der Waals surface area contributed by atoms with E-state index in [9.17, 15) is 0 Å². The van der Waals surface area contributed by atoms with Gasteiger partial charge in [-0.1, -0.05) is 11.3 Å². The maximum absolute atomic E-state index is 4.09. The first-order chi connectivity index (χ1) is 5.77. The second-order valence-corrected chi connectivity index (χ2v) is 5.80. The van der Waals surface area contributed by atoms with Crippen LogP contribution in [-0.2, 0) is 0 Å². The van der Waals surface area contributed by atoms with E-state index in [4.69, 9.17) is 0 Å². The second kappa shape index (κ2) is 3.39. The summed E-state index contributed by atoms with van der Waals surface area (Å²) in [6, 6.07) is 0. The summed E-state index contributed by atoms with van der Waals surface area (Å²) >= 11 is 5.52. The van der Waals surface area contributed by atoms with Gasteiger partial charge in [0.25, 0.3) is 0 Å². The van der Waals surface area contributed by atoms with E-state index >= 15 is 0 Å². The predicted octanol–water partition coefficient (Wildman–Crippen LogP) is 3.18. The number of aromatic nitrogens is 2. The quantitative estimate of drug-likeness (QED) is 0.756. The minimum absolute atomic E-state index is 0.994. The van der Waals surface area contributed by atoms with Crippen LogP contribution >= 0.6 is 45.3 Å². The van der Waals surface area contributed by atoms with Crippen LogP contribution in [0.2, 0.25) is 0 Å². The van der Waals surface area contributed by atoms with E-state index in [-0.39, 0.29) is 0 Å². The minimum atomic E-state index is 0.994. The highest BCUT2D eigenvalue weighted by Crippen LogP contribution is 2.29. The molecule has 0 fully saturated rings. The number of rotatable bonds is 1. The van der Waals surface area contributed by atoms with Gasteiger partial charge in [0.05, 0.1) is 0 Å². The summed E-state index contributed by atoms with van der Waals surface area (Å²) in [4.78, 5) is 0. The van der Waals surface area contributed by atoms with Crippen LogP contribution in [0.15, 0.2) is 10.8 Å². The monoisotopic (exact) mass is 308 g/mol. The Bertz CT molecular complexity index is 394. The third-order valence-electron chi connectivity index (χ3n) is 1.49. The van der Waals surface area contributed by atoms with Crippen LogP contribution in [0.1, 0.15) is 5.56 Å². The molecule has 0 aromatic carbocycles. The molecular formula is C7H5IN2S2. The smallest absolute Gasteiger partial charge is 0.151 e. The molecule has 0 bridgehead atoms. The Labute approximate surface area is 91.8 Å². The molecule has 0 amide bonds. The van der Waals surface area contributed by atoms with Crippen molar-refractivity contribution < 1.29 is 0 Å². The zero-order valence-electron chi connectivity index (χ0n) is 6.24. The fourth-order valence-corrected chi connectivity index (χ4v) is 3.19. The molecule has 2 nitrogen and oxygen atoms in total. The first-order valence-electron chi connectivity index (χ1n) is 3.29. The Morgan fingerprint density at radius 3 is 2.67 bits per heavy atom. The Morgan fingerprint density at radius 1 is 1.33 bits per heavy atom. The van der Waals surface area contributed by atoms with Gasteiger partial charge in [-0.3, -0.25) is 0 Å². The zero-order valence-corrected chi connectivity index (χ0v) is 10.0. The van der Waals surface area contributed by atoms with Crippen molar-refractivity contribution in [3.63, 3.8) is 0 Å². The molecule has 0 aliphatic rings.